The summed E-state index contributed by atoms with van der Waals surface area (Å²) in [6, 6.07) is 0. The molecule has 1 amide bonds. The standard InChI is InChI=1S/C12H26N2O3/c1-9(2)10(7-13)11(15)14-8-12(3,16)5-6-17-4/h9-10,16H,5-8,13H2,1-4H3,(H,14,15). The average Bonchev–Trinajstić information content (AvgIpc) is 2.24. The number of hydrogen-bond acceptors (Lipinski definition) is 4. The van der Waals surface area contributed by atoms with E-state index in [2.05, 4.69) is 5.32 Å². The summed E-state index contributed by atoms with van der Waals surface area (Å²) in [4.78, 5) is 11.8. The molecule has 0 saturated heterocycles. The molecule has 2 atom stereocenters. The van der Waals surface area contributed by atoms with E-state index in [4.69, 9.17) is 10.5 Å². The minimum Gasteiger partial charge on any atom is -0.388 e. The van der Waals surface area contributed by atoms with Gasteiger partial charge in [0.2, 0.25) is 5.91 Å². The summed E-state index contributed by atoms with van der Waals surface area (Å²) in [5.74, 6) is -0.0997. The highest BCUT2D eigenvalue weighted by molar-refractivity contribution is 5.79. The Hall–Kier alpha value is -0.650. The van der Waals surface area contributed by atoms with Gasteiger partial charge in [-0.3, -0.25) is 4.79 Å². The Balaban J connectivity index is 4.13. The molecule has 0 aliphatic heterocycles. The molecule has 0 fully saturated rings. The van der Waals surface area contributed by atoms with E-state index in [1.807, 2.05) is 13.8 Å². The fourth-order valence-electron chi connectivity index (χ4n) is 1.50. The third kappa shape index (κ3) is 6.61. The molecule has 0 aliphatic carbocycles. The van der Waals surface area contributed by atoms with Gasteiger partial charge in [0.15, 0.2) is 0 Å². The number of aliphatic hydroxyl groups is 1. The highest BCUT2D eigenvalue weighted by atomic mass is 16.5. The van der Waals surface area contributed by atoms with Crippen LogP contribution in [-0.4, -0.2) is 43.4 Å². The average molecular weight is 246 g/mol. The number of ether oxygens (including phenoxy) is 1. The van der Waals surface area contributed by atoms with Crippen molar-refractivity contribution in [1.29, 1.82) is 0 Å². The third-order valence-corrected chi connectivity index (χ3v) is 2.88. The topological polar surface area (TPSA) is 84.6 Å². The lowest BCUT2D eigenvalue weighted by Gasteiger charge is -2.25. The fraction of sp³-hybridized carbons (Fsp3) is 0.917. The van der Waals surface area contributed by atoms with E-state index in [9.17, 15) is 9.90 Å². The van der Waals surface area contributed by atoms with Crippen LogP contribution in [0.1, 0.15) is 27.2 Å². The Kier molecular flexibility index (Phi) is 7.34. The molecule has 0 radical (unpaired) electrons. The van der Waals surface area contributed by atoms with Crippen LogP contribution < -0.4 is 11.1 Å². The zero-order valence-electron chi connectivity index (χ0n) is 11.3. The minimum absolute atomic E-state index is 0.0970. The van der Waals surface area contributed by atoms with Crippen LogP contribution in [0.3, 0.4) is 0 Å². The number of nitrogens with two attached hydrogens (primary N) is 1. The van der Waals surface area contributed by atoms with Crippen LogP contribution in [0.5, 0.6) is 0 Å². The van der Waals surface area contributed by atoms with Gasteiger partial charge in [-0.1, -0.05) is 13.8 Å². The predicted molar refractivity (Wildman–Crippen MR) is 67.5 cm³/mol. The van der Waals surface area contributed by atoms with Crippen LogP contribution in [0, 0.1) is 11.8 Å². The van der Waals surface area contributed by atoms with Gasteiger partial charge in [-0.05, 0) is 12.8 Å². The minimum atomic E-state index is -0.943. The molecular weight excluding hydrogens is 220 g/mol. The van der Waals surface area contributed by atoms with Gasteiger partial charge in [0, 0.05) is 33.2 Å². The molecule has 0 heterocycles. The van der Waals surface area contributed by atoms with Crippen molar-refractivity contribution in [2.45, 2.75) is 32.8 Å². The molecule has 0 saturated carbocycles. The van der Waals surface area contributed by atoms with Gasteiger partial charge >= 0.3 is 0 Å². The van der Waals surface area contributed by atoms with Gasteiger partial charge in [-0.2, -0.15) is 0 Å². The second kappa shape index (κ2) is 7.63. The maximum absolute atomic E-state index is 11.8. The van der Waals surface area contributed by atoms with E-state index < -0.39 is 5.60 Å². The first-order valence-electron chi connectivity index (χ1n) is 6.03. The third-order valence-electron chi connectivity index (χ3n) is 2.88. The van der Waals surface area contributed by atoms with Gasteiger partial charge in [-0.15, -0.1) is 0 Å². The zero-order valence-corrected chi connectivity index (χ0v) is 11.3. The van der Waals surface area contributed by atoms with Crippen molar-refractivity contribution in [2.24, 2.45) is 17.6 Å². The number of rotatable bonds is 8. The molecule has 0 aromatic rings. The largest absolute Gasteiger partial charge is 0.388 e. The quantitative estimate of drug-likeness (QED) is 0.568. The van der Waals surface area contributed by atoms with Crippen LogP contribution in [0.25, 0.3) is 0 Å². The summed E-state index contributed by atoms with van der Waals surface area (Å²) in [7, 11) is 1.58. The molecule has 5 nitrogen and oxygen atoms in total. The Bertz CT molecular complexity index is 230. The molecule has 0 bridgehead atoms. The predicted octanol–water partition coefficient (Wildman–Crippen LogP) is 0.121. The van der Waals surface area contributed by atoms with Crippen molar-refractivity contribution in [2.75, 3.05) is 26.8 Å². The number of amides is 1. The van der Waals surface area contributed by atoms with Crippen LogP contribution in [0.2, 0.25) is 0 Å². The number of carbonyl (C=O) groups excluding carboxylic acids is 1. The molecule has 0 aliphatic rings. The van der Waals surface area contributed by atoms with Crippen molar-refractivity contribution >= 4 is 5.91 Å². The summed E-state index contributed by atoms with van der Waals surface area (Å²) in [6.07, 6.45) is 0.485. The van der Waals surface area contributed by atoms with Gasteiger partial charge in [0.05, 0.1) is 11.5 Å². The molecule has 4 N–H and O–H groups in total. The Labute approximate surface area is 104 Å². The SMILES string of the molecule is COCCC(C)(O)CNC(=O)C(CN)C(C)C. The van der Waals surface area contributed by atoms with E-state index >= 15 is 0 Å². The van der Waals surface area contributed by atoms with E-state index in [1.165, 1.54) is 0 Å². The lowest BCUT2D eigenvalue weighted by atomic mass is 9.94. The Morgan fingerprint density at radius 1 is 1.53 bits per heavy atom. The smallest absolute Gasteiger partial charge is 0.224 e. The van der Waals surface area contributed by atoms with E-state index in [0.717, 1.165) is 0 Å². The summed E-state index contributed by atoms with van der Waals surface area (Å²) in [5.41, 5.74) is 4.61. The van der Waals surface area contributed by atoms with Crippen LogP contribution in [0.15, 0.2) is 0 Å². The second-order valence-corrected chi connectivity index (χ2v) is 5.04. The molecule has 2 unspecified atom stereocenters. The number of nitrogens with one attached hydrogen (secondary N) is 1. The number of methoxy groups -OCH3 is 1. The van der Waals surface area contributed by atoms with Crippen molar-refractivity contribution in [1.82, 2.24) is 5.32 Å². The van der Waals surface area contributed by atoms with Gasteiger partial charge in [0.1, 0.15) is 0 Å². The first kappa shape index (κ1) is 16.4. The molecule has 0 rings (SSSR count). The lowest BCUT2D eigenvalue weighted by Crippen LogP contribution is -2.45. The molecule has 102 valence electrons. The Morgan fingerprint density at radius 2 is 2.12 bits per heavy atom. The summed E-state index contributed by atoms with van der Waals surface area (Å²) < 4.78 is 4.90. The molecule has 0 spiro atoms. The highest BCUT2D eigenvalue weighted by Crippen LogP contribution is 2.11. The molecular formula is C12H26N2O3. The van der Waals surface area contributed by atoms with E-state index in [-0.39, 0.29) is 24.3 Å². The highest BCUT2D eigenvalue weighted by Gasteiger charge is 2.25. The zero-order chi connectivity index (χ0) is 13.5. The summed E-state index contributed by atoms with van der Waals surface area (Å²) in [6.45, 7) is 6.61. The van der Waals surface area contributed by atoms with Gasteiger partial charge in [-0.25, -0.2) is 0 Å². The van der Waals surface area contributed by atoms with Gasteiger partial charge in [0.25, 0.3) is 0 Å². The van der Waals surface area contributed by atoms with Crippen LogP contribution in [0.4, 0.5) is 0 Å². The monoisotopic (exact) mass is 246 g/mol. The molecule has 5 heteroatoms. The van der Waals surface area contributed by atoms with Crippen molar-refractivity contribution < 1.29 is 14.6 Å². The fourth-order valence-corrected chi connectivity index (χ4v) is 1.50. The number of carbonyl (C=O) groups is 1. The van der Waals surface area contributed by atoms with Crippen LogP contribution >= 0.6 is 0 Å². The first-order chi connectivity index (χ1) is 7.84. The van der Waals surface area contributed by atoms with Crippen molar-refractivity contribution in [3.63, 3.8) is 0 Å². The maximum atomic E-state index is 11.8. The van der Waals surface area contributed by atoms with E-state index in [0.29, 0.717) is 19.6 Å². The first-order valence-corrected chi connectivity index (χ1v) is 6.03. The van der Waals surface area contributed by atoms with Crippen LogP contribution in [-0.2, 0) is 9.53 Å². The Morgan fingerprint density at radius 3 is 2.53 bits per heavy atom. The lowest BCUT2D eigenvalue weighted by molar-refractivity contribution is -0.127. The molecule has 0 aromatic carbocycles. The number of hydrogen-bond donors (Lipinski definition) is 3. The van der Waals surface area contributed by atoms with E-state index in [1.54, 1.807) is 14.0 Å². The van der Waals surface area contributed by atoms with Gasteiger partial charge < -0.3 is 20.9 Å². The maximum Gasteiger partial charge on any atom is 0.224 e. The molecule has 17 heavy (non-hydrogen) atoms. The summed E-state index contributed by atoms with van der Waals surface area (Å²) >= 11 is 0. The summed E-state index contributed by atoms with van der Waals surface area (Å²) in [5, 5.41) is 12.7. The molecule has 0 aromatic heterocycles. The van der Waals surface area contributed by atoms with Crippen molar-refractivity contribution in [3.05, 3.63) is 0 Å². The van der Waals surface area contributed by atoms with Crippen molar-refractivity contribution in [3.8, 4) is 0 Å². The second-order valence-electron chi connectivity index (χ2n) is 5.04. The normalized spacial score (nSPS) is 16.6.